The molecule has 0 spiro atoms. The van der Waals surface area contributed by atoms with Crippen LogP contribution in [-0.4, -0.2) is 40.8 Å². The fourth-order valence-electron chi connectivity index (χ4n) is 4.32. The van der Waals surface area contributed by atoms with Crippen LogP contribution in [0.25, 0.3) is 11.1 Å². The van der Waals surface area contributed by atoms with E-state index in [-0.39, 0.29) is 17.7 Å². The van der Waals surface area contributed by atoms with Gasteiger partial charge >= 0.3 is 0 Å². The second-order valence-corrected chi connectivity index (χ2v) is 9.26. The van der Waals surface area contributed by atoms with Crippen molar-refractivity contribution >= 4 is 34.3 Å². The number of oxazole rings is 1. The minimum atomic E-state index is -0.608. The molecule has 7 heteroatoms. The Morgan fingerprint density at radius 1 is 1.03 bits per heavy atom. The van der Waals surface area contributed by atoms with Gasteiger partial charge in [-0.2, -0.15) is 0 Å². The van der Waals surface area contributed by atoms with Crippen molar-refractivity contribution in [2.75, 3.05) is 13.1 Å². The largest absolute Gasteiger partial charge is 0.440 e. The van der Waals surface area contributed by atoms with E-state index in [0.717, 1.165) is 35.4 Å². The van der Waals surface area contributed by atoms with Crippen molar-refractivity contribution < 1.29 is 14.0 Å². The molecule has 0 bridgehead atoms. The standard InChI is InChI=1S/C26H25N3O3S/c30-24(23-11-6-16-33-23)27-21(17-18-7-2-1-3-8-18)26(31)29-14-12-19(13-15-29)25-28-20-9-4-5-10-22(20)32-25/h1-11,16,19,21H,12-15,17H2,(H,27,30)/t21-/m0/s1. The molecule has 5 rings (SSSR count). The Bertz CT molecular complexity index is 1200. The number of carbonyl (C=O) groups excluding carboxylic acids is 2. The van der Waals surface area contributed by atoms with Crippen LogP contribution in [0.5, 0.6) is 0 Å². The summed E-state index contributed by atoms with van der Waals surface area (Å²) in [5, 5.41) is 4.84. The SMILES string of the molecule is O=C(N[C@@H](Cc1ccccc1)C(=O)N1CCC(c2nc3ccccc3o2)CC1)c1cccs1. The maximum atomic E-state index is 13.5. The summed E-state index contributed by atoms with van der Waals surface area (Å²) < 4.78 is 5.95. The van der Waals surface area contributed by atoms with Gasteiger partial charge in [-0.3, -0.25) is 9.59 Å². The lowest BCUT2D eigenvalue weighted by molar-refractivity contribution is -0.134. The number of hydrogen-bond donors (Lipinski definition) is 1. The summed E-state index contributed by atoms with van der Waals surface area (Å²) in [4.78, 5) is 33.3. The summed E-state index contributed by atoms with van der Waals surface area (Å²) in [5.74, 6) is 0.685. The molecule has 3 heterocycles. The molecule has 0 saturated carbocycles. The van der Waals surface area contributed by atoms with Gasteiger partial charge in [-0.05, 0) is 42.0 Å². The first-order valence-corrected chi connectivity index (χ1v) is 12.1. The molecular weight excluding hydrogens is 434 g/mol. The fourth-order valence-corrected chi connectivity index (χ4v) is 4.95. The van der Waals surface area contributed by atoms with Crippen LogP contribution in [0.1, 0.15) is 39.9 Å². The van der Waals surface area contributed by atoms with E-state index in [1.54, 1.807) is 6.07 Å². The highest BCUT2D eigenvalue weighted by Crippen LogP contribution is 2.30. The lowest BCUT2D eigenvalue weighted by Gasteiger charge is -2.33. The molecule has 1 aliphatic heterocycles. The first kappa shape index (κ1) is 21.4. The van der Waals surface area contributed by atoms with Gasteiger partial charge in [0.1, 0.15) is 11.6 Å². The quantitative estimate of drug-likeness (QED) is 0.456. The zero-order chi connectivity index (χ0) is 22.6. The topological polar surface area (TPSA) is 75.4 Å². The van der Waals surface area contributed by atoms with Crippen molar-refractivity contribution in [1.82, 2.24) is 15.2 Å². The van der Waals surface area contributed by atoms with E-state index in [0.29, 0.717) is 24.4 Å². The lowest BCUT2D eigenvalue weighted by Crippen LogP contribution is -2.51. The van der Waals surface area contributed by atoms with E-state index in [1.807, 2.05) is 70.9 Å². The molecule has 2 amide bonds. The third kappa shape index (κ3) is 4.83. The summed E-state index contributed by atoms with van der Waals surface area (Å²) in [6, 6.07) is 20.6. The number of fused-ring (bicyclic) bond motifs is 1. The molecule has 1 aliphatic rings. The smallest absolute Gasteiger partial charge is 0.262 e. The summed E-state index contributed by atoms with van der Waals surface area (Å²) in [6.45, 7) is 1.23. The number of aromatic nitrogens is 1. The molecule has 0 radical (unpaired) electrons. The predicted octanol–water partition coefficient (Wildman–Crippen LogP) is 4.64. The summed E-state index contributed by atoms with van der Waals surface area (Å²) in [5.41, 5.74) is 2.68. The Morgan fingerprint density at radius 3 is 2.52 bits per heavy atom. The van der Waals surface area contributed by atoms with Crippen molar-refractivity contribution in [3.63, 3.8) is 0 Å². The number of hydrogen-bond acceptors (Lipinski definition) is 5. The number of benzene rings is 2. The molecule has 2 aromatic carbocycles. The van der Waals surface area contributed by atoms with Crippen LogP contribution < -0.4 is 5.32 Å². The van der Waals surface area contributed by atoms with Crippen LogP contribution in [0, 0.1) is 0 Å². The van der Waals surface area contributed by atoms with Crippen LogP contribution in [0.15, 0.2) is 76.5 Å². The monoisotopic (exact) mass is 459 g/mol. The van der Waals surface area contributed by atoms with Gasteiger partial charge in [0.25, 0.3) is 5.91 Å². The molecule has 2 aromatic heterocycles. The fraction of sp³-hybridized carbons (Fsp3) is 0.269. The van der Waals surface area contributed by atoms with E-state index >= 15 is 0 Å². The Hall–Kier alpha value is -3.45. The zero-order valence-electron chi connectivity index (χ0n) is 18.1. The first-order valence-electron chi connectivity index (χ1n) is 11.2. The number of nitrogens with one attached hydrogen (secondary N) is 1. The Labute approximate surface area is 196 Å². The number of thiophene rings is 1. The maximum absolute atomic E-state index is 13.5. The van der Waals surface area contributed by atoms with Gasteiger partial charge in [0.15, 0.2) is 11.5 Å². The summed E-state index contributed by atoms with van der Waals surface area (Å²) >= 11 is 1.37. The molecule has 0 aliphatic carbocycles. The molecule has 1 fully saturated rings. The van der Waals surface area contributed by atoms with E-state index in [2.05, 4.69) is 10.3 Å². The predicted molar refractivity (Wildman–Crippen MR) is 128 cm³/mol. The average Bonchev–Trinajstić information content (AvgIpc) is 3.54. The minimum absolute atomic E-state index is 0.0419. The maximum Gasteiger partial charge on any atom is 0.262 e. The van der Waals surface area contributed by atoms with Gasteiger partial charge in [-0.1, -0.05) is 48.5 Å². The van der Waals surface area contributed by atoms with Crippen molar-refractivity contribution in [2.24, 2.45) is 0 Å². The van der Waals surface area contributed by atoms with Crippen molar-refractivity contribution in [2.45, 2.75) is 31.2 Å². The van der Waals surface area contributed by atoms with E-state index < -0.39 is 6.04 Å². The minimum Gasteiger partial charge on any atom is -0.440 e. The number of likely N-dealkylation sites (tertiary alicyclic amines) is 1. The van der Waals surface area contributed by atoms with Crippen molar-refractivity contribution in [3.05, 3.63) is 88.4 Å². The third-order valence-electron chi connectivity index (χ3n) is 6.10. The highest BCUT2D eigenvalue weighted by Gasteiger charge is 2.31. The first-order chi connectivity index (χ1) is 16.2. The lowest BCUT2D eigenvalue weighted by atomic mass is 9.95. The van der Waals surface area contributed by atoms with Crippen LogP contribution in [0.4, 0.5) is 0 Å². The van der Waals surface area contributed by atoms with Gasteiger partial charge in [0.05, 0.1) is 4.88 Å². The normalized spacial score (nSPS) is 15.5. The van der Waals surface area contributed by atoms with E-state index in [1.165, 1.54) is 11.3 Å². The molecule has 6 nitrogen and oxygen atoms in total. The van der Waals surface area contributed by atoms with Crippen molar-refractivity contribution in [1.29, 1.82) is 0 Å². The number of carbonyl (C=O) groups is 2. The number of piperidine rings is 1. The molecule has 1 saturated heterocycles. The number of nitrogens with zero attached hydrogens (tertiary/aromatic N) is 2. The Morgan fingerprint density at radius 2 is 1.79 bits per heavy atom. The Kier molecular flexibility index (Phi) is 6.21. The van der Waals surface area contributed by atoms with Gasteiger partial charge in [-0.15, -0.1) is 11.3 Å². The third-order valence-corrected chi connectivity index (χ3v) is 6.97. The average molecular weight is 460 g/mol. The van der Waals surface area contributed by atoms with Gasteiger partial charge in [0, 0.05) is 25.4 Å². The summed E-state index contributed by atoms with van der Waals surface area (Å²) in [6.07, 6.45) is 2.03. The van der Waals surface area contributed by atoms with Gasteiger partial charge in [0.2, 0.25) is 5.91 Å². The van der Waals surface area contributed by atoms with Crippen LogP contribution in [-0.2, 0) is 11.2 Å². The number of para-hydroxylation sites is 2. The molecule has 0 unspecified atom stereocenters. The molecule has 168 valence electrons. The highest BCUT2D eigenvalue weighted by molar-refractivity contribution is 7.12. The molecule has 4 aromatic rings. The zero-order valence-corrected chi connectivity index (χ0v) is 19.0. The second-order valence-electron chi connectivity index (χ2n) is 8.31. The van der Waals surface area contributed by atoms with E-state index in [9.17, 15) is 9.59 Å². The van der Waals surface area contributed by atoms with Gasteiger partial charge < -0.3 is 14.6 Å². The highest BCUT2D eigenvalue weighted by atomic mass is 32.1. The van der Waals surface area contributed by atoms with Crippen LogP contribution >= 0.6 is 11.3 Å². The molecular formula is C26H25N3O3S. The second kappa shape index (κ2) is 9.58. The number of rotatable bonds is 6. The van der Waals surface area contributed by atoms with Crippen LogP contribution in [0.2, 0.25) is 0 Å². The molecule has 1 N–H and O–H groups in total. The molecule has 33 heavy (non-hydrogen) atoms. The van der Waals surface area contributed by atoms with Gasteiger partial charge in [-0.25, -0.2) is 4.98 Å². The van der Waals surface area contributed by atoms with Crippen LogP contribution in [0.3, 0.4) is 0 Å². The number of amides is 2. The van der Waals surface area contributed by atoms with E-state index in [4.69, 9.17) is 4.42 Å². The van der Waals surface area contributed by atoms with Crippen molar-refractivity contribution in [3.8, 4) is 0 Å². The Balaban J connectivity index is 1.27. The summed E-state index contributed by atoms with van der Waals surface area (Å²) in [7, 11) is 0. The molecule has 1 atom stereocenters.